The lowest BCUT2D eigenvalue weighted by atomic mass is 10.0. The second-order valence-corrected chi connectivity index (χ2v) is 10.2. The van der Waals surface area contributed by atoms with Gasteiger partial charge >= 0.3 is 11.2 Å². The number of benzene rings is 1. The SMILES string of the molecule is COc1ccccc1-c1cc(C(F)(F)F)c2c(C)nn(CC(=O)NS(=O)(=O)c3csc([N+](=O)[O-])c3)c2n1. The average Bonchev–Trinajstić information content (AvgIpc) is 3.44. The summed E-state index contributed by atoms with van der Waals surface area (Å²) in [5, 5.41) is 15.0. The van der Waals surface area contributed by atoms with Crippen LogP contribution >= 0.6 is 11.3 Å². The topological polar surface area (TPSA) is 146 Å². The number of amides is 1. The quantitative estimate of drug-likeness (QED) is 0.267. The molecule has 3 aromatic heterocycles. The van der Waals surface area contributed by atoms with Gasteiger partial charge in [-0.25, -0.2) is 22.8 Å². The van der Waals surface area contributed by atoms with Crippen molar-refractivity contribution in [2.75, 3.05) is 7.11 Å². The zero-order valence-corrected chi connectivity index (χ0v) is 20.6. The van der Waals surface area contributed by atoms with Gasteiger partial charge in [0.15, 0.2) is 5.65 Å². The third kappa shape index (κ3) is 5.10. The maximum absolute atomic E-state index is 14.0. The van der Waals surface area contributed by atoms with Crippen LogP contribution in [0.4, 0.5) is 18.2 Å². The number of rotatable bonds is 7. The van der Waals surface area contributed by atoms with Crippen molar-refractivity contribution in [1.29, 1.82) is 0 Å². The third-order valence-corrected chi connectivity index (χ3v) is 7.54. The summed E-state index contributed by atoms with van der Waals surface area (Å²) in [6.07, 6.45) is -4.80. The van der Waals surface area contributed by atoms with Gasteiger partial charge in [0.2, 0.25) is 0 Å². The van der Waals surface area contributed by atoms with E-state index in [1.165, 1.54) is 20.1 Å². The first-order valence-corrected chi connectivity index (χ1v) is 12.6. The fourth-order valence-electron chi connectivity index (χ4n) is 3.60. The molecule has 0 aliphatic rings. The molecule has 0 unspecified atom stereocenters. The summed E-state index contributed by atoms with van der Waals surface area (Å²) in [4.78, 5) is 26.4. The van der Waals surface area contributed by atoms with Gasteiger partial charge in [0.25, 0.3) is 15.9 Å². The number of methoxy groups -OCH3 is 1. The van der Waals surface area contributed by atoms with Crippen LogP contribution in [0.25, 0.3) is 22.3 Å². The van der Waals surface area contributed by atoms with E-state index in [1.54, 1.807) is 22.9 Å². The van der Waals surface area contributed by atoms with E-state index in [1.807, 2.05) is 0 Å². The molecule has 0 atom stereocenters. The van der Waals surface area contributed by atoms with Crippen LogP contribution in [-0.2, 0) is 27.5 Å². The Balaban J connectivity index is 1.76. The van der Waals surface area contributed by atoms with Gasteiger partial charge in [-0.05, 0) is 25.1 Å². The van der Waals surface area contributed by atoms with E-state index in [9.17, 15) is 36.5 Å². The summed E-state index contributed by atoms with van der Waals surface area (Å²) in [7, 11) is -3.13. The van der Waals surface area contributed by atoms with Crippen LogP contribution in [0.15, 0.2) is 46.7 Å². The van der Waals surface area contributed by atoms with Gasteiger partial charge in [-0.3, -0.25) is 14.9 Å². The number of carbonyl (C=O) groups excluding carboxylic acids is 1. The summed E-state index contributed by atoms with van der Waals surface area (Å²) in [5.41, 5.74) is -1.26. The Kier molecular flexibility index (Phi) is 6.64. The number of aryl methyl sites for hydroxylation is 1. The highest BCUT2D eigenvalue weighted by molar-refractivity contribution is 7.90. The van der Waals surface area contributed by atoms with Gasteiger partial charge in [-0.15, -0.1) is 0 Å². The van der Waals surface area contributed by atoms with Crippen molar-refractivity contribution < 1.29 is 36.0 Å². The minimum absolute atomic E-state index is 0.0782. The Morgan fingerprint density at radius 2 is 1.97 bits per heavy atom. The number of alkyl halides is 3. The fourth-order valence-corrected chi connectivity index (χ4v) is 5.66. The molecule has 3 heterocycles. The number of pyridine rings is 1. The van der Waals surface area contributed by atoms with Crippen molar-refractivity contribution >= 4 is 43.3 Å². The van der Waals surface area contributed by atoms with E-state index < -0.39 is 49.0 Å². The van der Waals surface area contributed by atoms with Crippen molar-refractivity contribution in [3.8, 4) is 17.0 Å². The van der Waals surface area contributed by atoms with E-state index in [4.69, 9.17) is 4.74 Å². The monoisotopic (exact) mass is 555 g/mol. The van der Waals surface area contributed by atoms with Crippen molar-refractivity contribution in [2.24, 2.45) is 0 Å². The molecule has 11 nitrogen and oxygen atoms in total. The van der Waals surface area contributed by atoms with Crippen LogP contribution in [0.3, 0.4) is 0 Å². The molecule has 37 heavy (non-hydrogen) atoms. The number of ether oxygens (including phenoxy) is 1. The minimum Gasteiger partial charge on any atom is -0.496 e. The van der Waals surface area contributed by atoms with Gasteiger partial charge in [0, 0.05) is 17.0 Å². The third-order valence-electron chi connectivity index (χ3n) is 5.16. The molecule has 1 N–H and O–H groups in total. The van der Waals surface area contributed by atoms with Crippen molar-refractivity contribution in [1.82, 2.24) is 19.5 Å². The molecule has 0 spiro atoms. The molecular weight excluding hydrogens is 539 g/mol. The smallest absolute Gasteiger partial charge is 0.417 e. The van der Waals surface area contributed by atoms with Gasteiger partial charge in [-0.2, -0.15) is 18.3 Å². The Morgan fingerprint density at radius 1 is 1.27 bits per heavy atom. The zero-order valence-electron chi connectivity index (χ0n) is 18.9. The van der Waals surface area contributed by atoms with E-state index >= 15 is 0 Å². The second-order valence-electron chi connectivity index (χ2n) is 7.60. The Labute approximate surface area is 210 Å². The van der Waals surface area contributed by atoms with Crippen molar-refractivity contribution in [2.45, 2.75) is 24.5 Å². The van der Waals surface area contributed by atoms with Crippen molar-refractivity contribution in [3.63, 3.8) is 0 Å². The highest BCUT2D eigenvalue weighted by Gasteiger charge is 2.36. The number of hydrogen-bond donors (Lipinski definition) is 1. The van der Waals surface area contributed by atoms with E-state index in [0.29, 0.717) is 11.3 Å². The molecule has 4 aromatic rings. The van der Waals surface area contributed by atoms with Crippen LogP contribution in [0.5, 0.6) is 5.75 Å². The molecule has 1 amide bonds. The molecule has 0 saturated carbocycles. The number of carbonyl (C=O) groups is 1. The number of nitrogens with zero attached hydrogens (tertiary/aromatic N) is 4. The predicted octanol–water partition coefficient (Wildman–Crippen LogP) is 3.91. The van der Waals surface area contributed by atoms with E-state index in [2.05, 4.69) is 10.1 Å². The number of nitro groups is 1. The van der Waals surface area contributed by atoms with Crippen LogP contribution in [0.2, 0.25) is 0 Å². The summed E-state index contributed by atoms with van der Waals surface area (Å²) < 4.78 is 74.8. The Bertz CT molecular complexity index is 1650. The minimum atomic E-state index is -4.80. The lowest BCUT2D eigenvalue weighted by molar-refractivity contribution is -0.380. The zero-order chi connectivity index (χ0) is 27.1. The molecule has 4 rings (SSSR count). The number of sulfonamides is 1. The summed E-state index contributed by atoms with van der Waals surface area (Å²) in [5.74, 6) is -0.879. The number of nitrogens with one attached hydrogen (secondary N) is 1. The lowest BCUT2D eigenvalue weighted by Gasteiger charge is -2.13. The number of thiophene rings is 1. The molecule has 16 heteroatoms. The first-order valence-electron chi connectivity index (χ1n) is 10.2. The highest BCUT2D eigenvalue weighted by atomic mass is 32.2. The summed E-state index contributed by atoms with van der Waals surface area (Å²) in [6.45, 7) is 0.507. The molecule has 194 valence electrons. The van der Waals surface area contributed by atoms with E-state index in [-0.39, 0.29) is 33.7 Å². The number of hydrogen-bond acceptors (Lipinski definition) is 9. The van der Waals surface area contributed by atoms with Crippen LogP contribution in [0.1, 0.15) is 11.3 Å². The summed E-state index contributed by atoms with van der Waals surface area (Å²) >= 11 is 0.553. The number of fused-ring (bicyclic) bond motifs is 1. The molecule has 0 aliphatic heterocycles. The van der Waals surface area contributed by atoms with E-state index in [0.717, 1.165) is 22.2 Å². The average molecular weight is 556 g/mol. The number of halogens is 3. The normalized spacial score (nSPS) is 12.0. The Morgan fingerprint density at radius 3 is 2.59 bits per heavy atom. The highest BCUT2D eigenvalue weighted by Crippen LogP contribution is 2.39. The second kappa shape index (κ2) is 9.44. The molecule has 1 aromatic carbocycles. The molecule has 0 bridgehead atoms. The van der Waals surface area contributed by atoms with Crippen molar-refractivity contribution in [3.05, 3.63) is 63.1 Å². The van der Waals surface area contributed by atoms with Crippen LogP contribution < -0.4 is 9.46 Å². The Hall–Kier alpha value is -4.05. The van der Waals surface area contributed by atoms with Gasteiger partial charge in [0.1, 0.15) is 17.2 Å². The first kappa shape index (κ1) is 26.0. The van der Waals surface area contributed by atoms with Crippen LogP contribution in [-0.4, -0.2) is 41.1 Å². The number of aromatic nitrogens is 3. The van der Waals surface area contributed by atoms with Gasteiger partial charge in [-0.1, -0.05) is 23.5 Å². The lowest BCUT2D eigenvalue weighted by Crippen LogP contribution is -2.33. The standard InChI is InChI=1S/C21H16F3N5O6S2/c1-11-19-14(21(22,23)24)8-15(13-5-3-4-6-16(13)35-2)25-20(19)28(26-11)9-17(30)27-37(33,34)12-7-18(29(31)32)36-10-12/h3-8,10H,9H2,1-2H3,(H,27,30). The molecule has 0 fully saturated rings. The molecule has 0 aliphatic carbocycles. The fraction of sp³-hybridized carbons (Fsp3) is 0.190. The predicted molar refractivity (Wildman–Crippen MR) is 126 cm³/mol. The van der Waals surface area contributed by atoms with Crippen LogP contribution in [0, 0.1) is 17.0 Å². The maximum Gasteiger partial charge on any atom is 0.417 e. The van der Waals surface area contributed by atoms with Gasteiger partial charge in [0.05, 0.1) is 34.4 Å². The molecule has 0 saturated heterocycles. The first-order chi connectivity index (χ1) is 17.3. The molecular formula is C21H16F3N5O6S2. The maximum atomic E-state index is 14.0. The largest absolute Gasteiger partial charge is 0.496 e. The molecule has 0 radical (unpaired) electrons. The van der Waals surface area contributed by atoms with Gasteiger partial charge < -0.3 is 4.74 Å². The number of para-hydroxylation sites is 1. The summed E-state index contributed by atoms with van der Waals surface area (Å²) in [6, 6.07) is 7.92.